The van der Waals surface area contributed by atoms with Gasteiger partial charge in [-0.25, -0.2) is 0 Å². The molecule has 1 unspecified atom stereocenters. The van der Waals surface area contributed by atoms with Crippen LogP contribution in [-0.2, 0) is 13.1 Å². The van der Waals surface area contributed by atoms with E-state index in [2.05, 4.69) is 54.4 Å². The highest BCUT2D eigenvalue weighted by Gasteiger charge is 2.24. The molecule has 0 saturated carbocycles. The van der Waals surface area contributed by atoms with Gasteiger partial charge >= 0.3 is 0 Å². The van der Waals surface area contributed by atoms with Crippen molar-refractivity contribution in [2.24, 2.45) is 11.8 Å². The molecule has 114 valence electrons. The minimum Gasteiger partial charge on any atom is -0.309 e. The molecule has 0 aromatic carbocycles. The number of nitrogens with zero attached hydrogens (tertiary/aromatic N) is 4. The number of hydrogen-bond acceptors (Lipinski definition) is 4. The largest absolute Gasteiger partial charge is 0.309 e. The average molecular weight is 279 g/mol. The molecule has 0 spiro atoms. The lowest BCUT2D eigenvalue weighted by Crippen LogP contribution is -2.26. The lowest BCUT2D eigenvalue weighted by atomic mass is 9.95. The van der Waals surface area contributed by atoms with Crippen LogP contribution in [0.2, 0.25) is 0 Å². The van der Waals surface area contributed by atoms with E-state index in [-0.39, 0.29) is 0 Å². The van der Waals surface area contributed by atoms with Crippen molar-refractivity contribution in [1.82, 2.24) is 25.2 Å². The average Bonchev–Trinajstić information content (AvgIpc) is 3.03. The highest BCUT2D eigenvalue weighted by atomic mass is 15.4. The maximum atomic E-state index is 4.21. The Hall–Kier alpha value is -0.940. The summed E-state index contributed by atoms with van der Waals surface area (Å²) in [5, 5.41) is 11.8. The van der Waals surface area contributed by atoms with E-state index in [9.17, 15) is 0 Å². The molecule has 2 rings (SSSR count). The molecular weight excluding hydrogens is 250 g/mol. The third-order valence-electron chi connectivity index (χ3n) is 4.17. The molecule has 1 saturated heterocycles. The van der Waals surface area contributed by atoms with Gasteiger partial charge in [-0.2, -0.15) is 0 Å². The summed E-state index contributed by atoms with van der Waals surface area (Å²) in [4.78, 5) is 2.55. The van der Waals surface area contributed by atoms with Gasteiger partial charge in [-0.15, -0.1) is 5.10 Å². The molecule has 1 fully saturated rings. The third-order valence-corrected chi connectivity index (χ3v) is 4.17. The lowest BCUT2D eigenvalue weighted by Gasteiger charge is -2.17. The molecule has 1 aromatic rings. The number of nitrogens with one attached hydrogen (secondary N) is 1. The van der Waals surface area contributed by atoms with Crippen LogP contribution in [-0.4, -0.2) is 45.6 Å². The lowest BCUT2D eigenvalue weighted by molar-refractivity contribution is 0.286. The molecular formula is C15H29N5. The highest BCUT2D eigenvalue weighted by molar-refractivity contribution is 4.92. The molecule has 0 radical (unpaired) electrons. The van der Waals surface area contributed by atoms with Gasteiger partial charge < -0.3 is 10.2 Å². The number of rotatable bonds is 7. The molecule has 0 amide bonds. The number of aromatic nitrogens is 3. The van der Waals surface area contributed by atoms with E-state index in [4.69, 9.17) is 0 Å². The van der Waals surface area contributed by atoms with Crippen molar-refractivity contribution < 1.29 is 0 Å². The van der Waals surface area contributed by atoms with E-state index >= 15 is 0 Å². The maximum absolute atomic E-state index is 4.21. The fourth-order valence-electron chi connectivity index (χ4n) is 2.69. The fraction of sp³-hybridized carbons (Fsp3) is 0.867. The quantitative estimate of drug-likeness (QED) is 0.826. The van der Waals surface area contributed by atoms with Crippen LogP contribution in [0.1, 0.15) is 39.8 Å². The number of likely N-dealkylation sites (tertiary alicyclic amines) is 1. The van der Waals surface area contributed by atoms with Gasteiger partial charge in [-0.1, -0.05) is 32.9 Å². The Labute approximate surface area is 122 Å². The van der Waals surface area contributed by atoms with Crippen molar-refractivity contribution in [3.8, 4) is 0 Å². The SMILES string of the molecule is CC(C)NCc1cn(CCN2CCC(C(C)C)C2)nn1. The second kappa shape index (κ2) is 7.18. The molecule has 1 aliphatic rings. The summed E-state index contributed by atoms with van der Waals surface area (Å²) in [5.41, 5.74) is 1.03. The van der Waals surface area contributed by atoms with E-state index in [1.54, 1.807) is 0 Å². The van der Waals surface area contributed by atoms with Crippen LogP contribution in [0.4, 0.5) is 0 Å². The predicted octanol–water partition coefficient (Wildman–Crippen LogP) is 1.75. The molecule has 0 aliphatic carbocycles. The van der Waals surface area contributed by atoms with Crippen molar-refractivity contribution in [3.63, 3.8) is 0 Å². The Morgan fingerprint density at radius 2 is 2.10 bits per heavy atom. The molecule has 20 heavy (non-hydrogen) atoms. The van der Waals surface area contributed by atoms with Crippen LogP contribution < -0.4 is 5.32 Å². The third kappa shape index (κ3) is 4.56. The summed E-state index contributed by atoms with van der Waals surface area (Å²) in [6.45, 7) is 14.3. The Morgan fingerprint density at radius 1 is 1.30 bits per heavy atom. The molecule has 2 heterocycles. The van der Waals surface area contributed by atoms with Crippen LogP contribution in [0.5, 0.6) is 0 Å². The van der Waals surface area contributed by atoms with E-state index in [0.717, 1.165) is 37.2 Å². The first-order valence-corrected chi connectivity index (χ1v) is 7.89. The maximum Gasteiger partial charge on any atom is 0.0964 e. The van der Waals surface area contributed by atoms with Crippen LogP contribution in [0, 0.1) is 11.8 Å². The van der Waals surface area contributed by atoms with Gasteiger partial charge in [0.25, 0.3) is 0 Å². The zero-order chi connectivity index (χ0) is 14.5. The monoisotopic (exact) mass is 279 g/mol. The zero-order valence-corrected chi connectivity index (χ0v) is 13.3. The van der Waals surface area contributed by atoms with E-state index in [1.807, 2.05) is 4.68 Å². The van der Waals surface area contributed by atoms with Crippen molar-refractivity contribution in [2.75, 3.05) is 19.6 Å². The van der Waals surface area contributed by atoms with E-state index in [0.29, 0.717) is 6.04 Å². The number of hydrogen-bond donors (Lipinski definition) is 1. The molecule has 0 bridgehead atoms. The van der Waals surface area contributed by atoms with Crippen LogP contribution >= 0.6 is 0 Å². The van der Waals surface area contributed by atoms with Gasteiger partial charge in [0.2, 0.25) is 0 Å². The van der Waals surface area contributed by atoms with Crippen LogP contribution in [0.25, 0.3) is 0 Å². The molecule has 1 atom stereocenters. The van der Waals surface area contributed by atoms with Gasteiger partial charge in [-0.3, -0.25) is 4.68 Å². The first-order valence-electron chi connectivity index (χ1n) is 7.89. The minimum atomic E-state index is 0.484. The zero-order valence-electron chi connectivity index (χ0n) is 13.3. The van der Waals surface area contributed by atoms with Crippen molar-refractivity contribution in [3.05, 3.63) is 11.9 Å². The Kier molecular flexibility index (Phi) is 5.54. The Balaban J connectivity index is 1.72. The molecule has 1 aromatic heterocycles. The summed E-state index contributed by atoms with van der Waals surface area (Å²) in [6, 6.07) is 0.484. The van der Waals surface area contributed by atoms with Gasteiger partial charge in [0, 0.05) is 31.9 Å². The normalized spacial score (nSPS) is 20.4. The first kappa shape index (κ1) is 15.4. The van der Waals surface area contributed by atoms with Crippen molar-refractivity contribution >= 4 is 0 Å². The van der Waals surface area contributed by atoms with E-state index in [1.165, 1.54) is 19.5 Å². The Morgan fingerprint density at radius 3 is 2.75 bits per heavy atom. The molecule has 5 heteroatoms. The first-order chi connectivity index (χ1) is 9.54. The van der Waals surface area contributed by atoms with Gasteiger partial charge in [0.15, 0.2) is 0 Å². The predicted molar refractivity (Wildman–Crippen MR) is 81.4 cm³/mol. The molecule has 5 nitrogen and oxygen atoms in total. The molecule has 1 aliphatic heterocycles. The topological polar surface area (TPSA) is 46.0 Å². The van der Waals surface area contributed by atoms with Gasteiger partial charge in [-0.05, 0) is 24.8 Å². The smallest absolute Gasteiger partial charge is 0.0964 e. The Bertz CT molecular complexity index is 399. The molecule has 1 N–H and O–H groups in total. The summed E-state index contributed by atoms with van der Waals surface area (Å²) in [7, 11) is 0. The second-order valence-corrected chi connectivity index (χ2v) is 6.60. The minimum absolute atomic E-state index is 0.484. The van der Waals surface area contributed by atoms with E-state index < -0.39 is 0 Å². The summed E-state index contributed by atoms with van der Waals surface area (Å²) < 4.78 is 1.97. The van der Waals surface area contributed by atoms with Gasteiger partial charge in [0.1, 0.15) is 0 Å². The summed E-state index contributed by atoms with van der Waals surface area (Å²) in [6.07, 6.45) is 3.41. The second-order valence-electron chi connectivity index (χ2n) is 6.60. The van der Waals surface area contributed by atoms with Crippen LogP contribution in [0.15, 0.2) is 6.20 Å². The summed E-state index contributed by atoms with van der Waals surface area (Å²) >= 11 is 0. The van der Waals surface area contributed by atoms with Crippen molar-refractivity contribution in [2.45, 2.75) is 53.2 Å². The highest BCUT2D eigenvalue weighted by Crippen LogP contribution is 2.23. The van der Waals surface area contributed by atoms with Crippen molar-refractivity contribution in [1.29, 1.82) is 0 Å². The fourth-order valence-corrected chi connectivity index (χ4v) is 2.69. The summed E-state index contributed by atoms with van der Waals surface area (Å²) in [5.74, 6) is 1.68. The standard InChI is InChI=1S/C15H29N5/c1-12(2)14-5-6-19(10-14)7-8-20-11-15(17-18-20)9-16-13(3)4/h11-14,16H,5-10H2,1-4H3. The van der Waals surface area contributed by atoms with Crippen LogP contribution in [0.3, 0.4) is 0 Å². The van der Waals surface area contributed by atoms with Gasteiger partial charge in [0.05, 0.1) is 12.2 Å².